The zero-order valence-electron chi connectivity index (χ0n) is 7.63. The summed E-state index contributed by atoms with van der Waals surface area (Å²) in [5.41, 5.74) is 0. The van der Waals surface area contributed by atoms with Crippen LogP contribution in [-0.2, 0) is 0 Å². The lowest BCUT2D eigenvalue weighted by Gasteiger charge is -2.17. The van der Waals surface area contributed by atoms with Gasteiger partial charge in [-0.25, -0.2) is 0 Å². The van der Waals surface area contributed by atoms with E-state index in [-0.39, 0.29) is 0 Å². The van der Waals surface area contributed by atoms with E-state index in [1.807, 2.05) is 0 Å². The van der Waals surface area contributed by atoms with Gasteiger partial charge in [-0.3, -0.25) is 0 Å². The Balaban J connectivity index is 1.95. The molecule has 0 saturated heterocycles. The molecule has 1 aliphatic rings. The molecule has 0 amide bonds. The average Bonchev–Trinajstić information content (AvgIpc) is 2.14. The molecule has 0 spiro atoms. The van der Waals surface area contributed by atoms with E-state index in [0.29, 0.717) is 6.61 Å². The Labute approximate surface area is 74.7 Å². The molecule has 0 heterocycles. The van der Waals surface area contributed by atoms with Gasteiger partial charge in [-0.15, -0.1) is 0 Å². The van der Waals surface area contributed by atoms with Crippen LogP contribution >= 0.6 is 0 Å². The quantitative estimate of drug-likeness (QED) is 0.480. The Morgan fingerprint density at radius 1 is 1.42 bits per heavy atom. The first-order chi connectivity index (χ1) is 5.93. The molecule has 2 N–H and O–H groups in total. The van der Waals surface area contributed by atoms with Gasteiger partial charge < -0.3 is 10.4 Å². The molecule has 70 valence electrons. The largest absolute Gasteiger partial charge is 0.396 e. The van der Waals surface area contributed by atoms with Crippen LogP contribution in [-0.4, -0.2) is 24.8 Å². The van der Waals surface area contributed by atoms with Crippen molar-refractivity contribution in [1.29, 1.82) is 0 Å². The minimum absolute atomic E-state index is 0.303. The van der Waals surface area contributed by atoms with Crippen molar-refractivity contribution in [2.45, 2.75) is 25.7 Å². The van der Waals surface area contributed by atoms with E-state index >= 15 is 0 Å². The highest BCUT2D eigenvalue weighted by Gasteiger charge is 2.07. The highest BCUT2D eigenvalue weighted by atomic mass is 16.3. The third-order valence-corrected chi connectivity index (χ3v) is 2.32. The summed E-state index contributed by atoms with van der Waals surface area (Å²) in [4.78, 5) is 0. The number of nitrogens with one attached hydrogen (secondary N) is 1. The molecule has 1 aliphatic carbocycles. The highest BCUT2D eigenvalue weighted by Crippen LogP contribution is 2.16. The van der Waals surface area contributed by atoms with E-state index in [1.54, 1.807) is 0 Å². The molecule has 2 heteroatoms. The Morgan fingerprint density at radius 2 is 2.33 bits per heavy atom. The summed E-state index contributed by atoms with van der Waals surface area (Å²) in [6.07, 6.45) is 9.22. The predicted molar refractivity (Wildman–Crippen MR) is 51.1 cm³/mol. The lowest BCUT2D eigenvalue weighted by Crippen LogP contribution is -2.24. The SMILES string of the molecule is OCCCNC[C@H]1CC=CCC1. The molecule has 1 atom stereocenters. The van der Waals surface area contributed by atoms with Crippen molar-refractivity contribution in [1.82, 2.24) is 5.32 Å². The molecule has 1 rings (SSSR count). The molecule has 0 aromatic rings. The van der Waals surface area contributed by atoms with Gasteiger partial charge in [0.05, 0.1) is 0 Å². The summed E-state index contributed by atoms with van der Waals surface area (Å²) in [5.74, 6) is 0.827. The van der Waals surface area contributed by atoms with Crippen molar-refractivity contribution >= 4 is 0 Å². The van der Waals surface area contributed by atoms with Gasteiger partial charge in [0.1, 0.15) is 0 Å². The predicted octanol–water partition coefficient (Wildman–Crippen LogP) is 1.31. The molecular formula is C10H19NO. The molecule has 0 radical (unpaired) electrons. The summed E-state index contributed by atoms with van der Waals surface area (Å²) >= 11 is 0. The Bertz CT molecular complexity index is 134. The third kappa shape index (κ3) is 3.88. The number of aliphatic hydroxyl groups is 1. The molecule has 0 fully saturated rings. The normalized spacial score (nSPS) is 22.9. The Kier molecular flexibility index (Phi) is 5.04. The third-order valence-electron chi connectivity index (χ3n) is 2.32. The monoisotopic (exact) mass is 169 g/mol. The van der Waals surface area contributed by atoms with Gasteiger partial charge in [0.25, 0.3) is 0 Å². The first-order valence-corrected chi connectivity index (χ1v) is 4.90. The molecule has 12 heavy (non-hydrogen) atoms. The molecule has 0 unspecified atom stereocenters. The summed E-state index contributed by atoms with van der Waals surface area (Å²) in [7, 11) is 0. The standard InChI is InChI=1S/C10H19NO/c12-8-4-7-11-9-10-5-2-1-3-6-10/h1-2,10-12H,3-9H2/t10-/m0/s1. The maximum absolute atomic E-state index is 8.55. The molecule has 0 aromatic carbocycles. The topological polar surface area (TPSA) is 32.3 Å². The number of hydrogen-bond acceptors (Lipinski definition) is 2. The molecule has 0 aromatic heterocycles. The second-order valence-corrected chi connectivity index (χ2v) is 3.43. The maximum Gasteiger partial charge on any atom is 0.0443 e. The first kappa shape index (κ1) is 9.75. The lowest BCUT2D eigenvalue weighted by atomic mass is 9.94. The fourth-order valence-corrected chi connectivity index (χ4v) is 1.55. The molecular weight excluding hydrogens is 150 g/mol. The van der Waals surface area contributed by atoms with Gasteiger partial charge in [0, 0.05) is 6.61 Å². The van der Waals surface area contributed by atoms with Crippen molar-refractivity contribution in [3.8, 4) is 0 Å². The van der Waals surface area contributed by atoms with Crippen LogP contribution in [0.5, 0.6) is 0 Å². The van der Waals surface area contributed by atoms with Crippen molar-refractivity contribution in [2.75, 3.05) is 19.7 Å². The number of rotatable bonds is 5. The minimum Gasteiger partial charge on any atom is -0.396 e. The van der Waals surface area contributed by atoms with Gasteiger partial charge >= 0.3 is 0 Å². The molecule has 2 nitrogen and oxygen atoms in total. The Morgan fingerprint density at radius 3 is 3.00 bits per heavy atom. The zero-order valence-corrected chi connectivity index (χ0v) is 7.63. The van der Waals surface area contributed by atoms with Crippen LogP contribution in [0.4, 0.5) is 0 Å². The van der Waals surface area contributed by atoms with Crippen molar-refractivity contribution in [3.63, 3.8) is 0 Å². The summed E-state index contributed by atoms with van der Waals surface area (Å²) in [6, 6.07) is 0. The average molecular weight is 169 g/mol. The van der Waals surface area contributed by atoms with E-state index in [4.69, 9.17) is 5.11 Å². The van der Waals surface area contributed by atoms with Crippen LogP contribution in [0.15, 0.2) is 12.2 Å². The van der Waals surface area contributed by atoms with Crippen LogP contribution < -0.4 is 5.32 Å². The van der Waals surface area contributed by atoms with Gasteiger partial charge in [0.15, 0.2) is 0 Å². The number of allylic oxidation sites excluding steroid dienone is 2. The van der Waals surface area contributed by atoms with Gasteiger partial charge in [-0.05, 0) is 44.7 Å². The van der Waals surface area contributed by atoms with Crippen LogP contribution in [0, 0.1) is 5.92 Å². The smallest absolute Gasteiger partial charge is 0.0443 e. The van der Waals surface area contributed by atoms with Crippen LogP contribution in [0.25, 0.3) is 0 Å². The van der Waals surface area contributed by atoms with Gasteiger partial charge in [-0.1, -0.05) is 12.2 Å². The summed E-state index contributed by atoms with van der Waals surface area (Å²) in [6.45, 7) is 2.37. The van der Waals surface area contributed by atoms with E-state index < -0.39 is 0 Å². The summed E-state index contributed by atoms with van der Waals surface area (Å²) in [5, 5.41) is 11.9. The maximum atomic E-state index is 8.55. The van der Waals surface area contributed by atoms with Crippen LogP contribution in [0.2, 0.25) is 0 Å². The van der Waals surface area contributed by atoms with Crippen molar-refractivity contribution in [2.24, 2.45) is 5.92 Å². The van der Waals surface area contributed by atoms with Crippen LogP contribution in [0.3, 0.4) is 0 Å². The lowest BCUT2D eigenvalue weighted by molar-refractivity contribution is 0.284. The van der Waals surface area contributed by atoms with E-state index in [1.165, 1.54) is 19.3 Å². The van der Waals surface area contributed by atoms with Crippen LogP contribution in [0.1, 0.15) is 25.7 Å². The molecule has 0 aliphatic heterocycles. The highest BCUT2D eigenvalue weighted by molar-refractivity contribution is 4.90. The number of aliphatic hydroxyl groups excluding tert-OH is 1. The first-order valence-electron chi connectivity index (χ1n) is 4.90. The van der Waals surface area contributed by atoms with E-state index in [9.17, 15) is 0 Å². The van der Waals surface area contributed by atoms with E-state index in [0.717, 1.165) is 25.4 Å². The second-order valence-electron chi connectivity index (χ2n) is 3.43. The molecule has 0 saturated carbocycles. The summed E-state index contributed by atoms with van der Waals surface area (Å²) < 4.78 is 0. The number of hydrogen-bond donors (Lipinski definition) is 2. The van der Waals surface area contributed by atoms with Crippen molar-refractivity contribution in [3.05, 3.63) is 12.2 Å². The van der Waals surface area contributed by atoms with Crippen molar-refractivity contribution < 1.29 is 5.11 Å². The molecule has 0 bridgehead atoms. The van der Waals surface area contributed by atoms with E-state index in [2.05, 4.69) is 17.5 Å². The Hall–Kier alpha value is -0.340. The van der Waals surface area contributed by atoms with Gasteiger partial charge in [-0.2, -0.15) is 0 Å². The minimum atomic E-state index is 0.303. The zero-order chi connectivity index (χ0) is 8.65. The van der Waals surface area contributed by atoms with Gasteiger partial charge in [0.2, 0.25) is 0 Å². The fourth-order valence-electron chi connectivity index (χ4n) is 1.55. The second kappa shape index (κ2) is 6.21. The fraction of sp³-hybridized carbons (Fsp3) is 0.800.